The summed E-state index contributed by atoms with van der Waals surface area (Å²) in [6, 6.07) is 1.29. The largest absolute Gasteiger partial charge is 0.371 e. The third-order valence-electron chi connectivity index (χ3n) is 4.00. The monoisotopic (exact) mass is 370 g/mol. The molecule has 0 aromatic carbocycles. The SMILES string of the molecule is CC.CNc1nc(NC2CCN(C(C)=O)CC2F)nn2ccc(Cl)c12. The minimum Gasteiger partial charge on any atom is -0.371 e. The standard InChI is InChI=1S/C14H18ClFN6O.C2H6/c1-8(23)21-5-4-11(10(16)7-21)18-14-19-13(17-2)12-9(15)3-6-22(12)20-14;1-2/h3,6,10-11H,4-5,7H2,1-2H3,(H2,17,18,19,20);1-2H3. The molecule has 25 heavy (non-hydrogen) atoms. The topological polar surface area (TPSA) is 74.6 Å². The molecule has 2 aromatic rings. The van der Waals surface area contributed by atoms with Crippen LogP contribution in [0.15, 0.2) is 12.3 Å². The van der Waals surface area contributed by atoms with E-state index in [1.165, 1.54) is 11.8 Å². The molecule has 2 unspecified atom stereocenters. The highest BCUT2D eigenvalue weighted by Crippen LogP contribution is 2.25. The molecule has 1 aliphatic rings. The van der Waals surface area contributed by atoms with Gasteiger partial charge in [-0.1, -0.05) is 25.4 Å². The highest BCUT2D eigenvalue weighted by Gasteiger charge is 2.31. The van der Waals surface area contributed by atoms with Crippen LogP contribution in [0.3, 0.4) is 0 Å². The van der Waals surface area contributed by atoms with E-state index in [4.69, 9.17) is 11.6 Å². The number of aromatic nitrogens is 3. The molecule has 2 atom stereocenters. The fourth-order valence-electron chi connectivity index (χ4n) is 2.74. The predicted octanol–water partition coefficient (Wildman–Crippen LogP) is 2.82. The van der Waals surface area contributed by atoms with Crippen molar-refractivity contribution < 1.29 is 9.18 Å². The zero-order valence-electron chi connectivity index (χ0n) is 14.9. The third kappa shape index (κ3) is 4.12. The molecule has 3 rings (SSSR count). The minimum absolute atomic E-state index is 0.0868. The van der Waals surface area contributed by atoms with Gasteiger partial charge < -0.3 is 15.5 Å². The lowest BCUT2D eigenvalue weighted by Crippen LogP contribution is -2.49. The number of likely N-dealkylation sites (tertiary alicyclic amines) is 1. The number of amides is 1. The van der Waals surface area contributed by atoms with Gasteiger partial charge in [-0.3, -0.25) is 4.79 Å². The zero-order chi connectivity index (χ0) is 18.6. The molecule has 2 aromatic heterocycles. The van der Waals surface area contributed by atoms with Crippen molar-refractivity contribution in [2.75, 3.05) is 30.8 Å². The van der Waals surface area contributed by atoms with Crippen LogP contribution in [0.5, 0.6) is 0 Å². The molecule has 9 heteroatoms. The fourth-order valence-corrected chi connectivity index (χ4v) is 2.97. The lowest BCUT2D eigenvalue weighted by atomic mass is 10.0. The van der Waals surface area contributed by atoms with E-state index in [-0.39, 0.29) is 12.5 Å². The molecule has 0 saturated carbocycles. The molecule has 0 radical (unpaired) electrons. The molecule has 1 saturated heterocycles. The fraction of sp³-hybridized carbons (Fsp3) is 0.562. The van der Waals surface area contributed by atoms with Gasteiger partial charge in [-0.25, -0.2) is 8.91 Å². The van der Waals surface area contributed by atoms with Gasteiger partial charge in [-0.15, -0.1) is 5.10 Å². The number of fused-ring (bicyclic) bond motifs is 1. The first-order valence-electron chi connectivity index (χ1n) is 8.38. The number of halogens is 2. The second kappa shape index (κ2) is 8.33. The molecular weight excluding hydrogens is 347 g/mol. The van der Waals surface area contributed by atoms with Gasteiger partial charge in [0.1, 0.15) is 11.7 Å². The summed E-state index contributed by atoms with van der Waals surface area (Å²) in [6.07, 6.45) is 1.05. The summed E-state index contributed by atoms with van der Waals surface area (Å²) in [4.78, 5) is 17.2. The first kappa shape index (κ1) is 19.2. The highest BCUT2D eigenvalue weighted by molar-refractivity contribution is 6.34. The lowest BCUT2D eigenvalue weighted by Gasteiger charge is -2.34. The van der Waals surface area contributed by atoms with E-state index in [2.05, 4.69) is 20.7 Å². The first-order valence-corrected chi connectivity index (χ1v) is 8.76. The van der Waals surface area contributed by atoms with Crippen LogP contribution < -0.4 is 10.6 Å². The Bertz CT molecular complexity index is 737. The molecule has 0 bridgehead atoms. The van der Waals surface area contributed by atoms with Crippen molar-refractivity contribution >= 4 is 34.8 Å². The van der Waals surface area contributed by atoms with Gasteiger partial charge in [0.05, 0.1) is 17.6 Å². The second-order valence-electron chi connectivity index (χ2n) is 5.51. The summed E-state index contributed by atoms with van der Waals surface area (Å²) >= 11 is 6.11. The first-order chi connectivity index (χ1) is 12.0. The Hall–Kier alpha value is -2.09. The summed E-state index contributed by atoms with van der Waals surface area (Å²) < 4.78 is 15.9. The van der Waals surface area contributed by atoms with E-state index in [9.17, 15) is 9.18 Å². The van der Waals surface area contributed by atoms with Gasteiger partial charge in [0.2, 0.25) is 11.9 Å². The van der Waals surface area contributed by atoms with Crippen LogP contribution in [0.25, 0.3) is 5.52 Å². The Morgan fingerprint density at radius 1 is 1.44 bits per heavy atom. The smallest absolute Gasteiger partial charge is 0.243 e. The molecule has 1 fully saturated rings. The van der Waals surface area contributed by atoms with Crippen molar-refractivity contribution in [3.63, 3.8) is 0 Å². The second-order valence-corrected chi connectivity index (χ2v) is 5.92. The highest BCUT2D eigenvalue weighted by atomic mass is 35.5. The molecule has 0 aliphatic carbocycles. The number of hydrogen-bond donors (Lipinski definition) is 2. The van der Waals surface area contributed by atoms with Crippen molar-refractivity contribution in [3.05, 3.63) is 17.3 Å². The van der Waals surface area contributed by atoms with E-state index in [0.29, 0.717) is 35.3 Å². The Morgan fingerprint density at radius 3 is 2.76 bits per heavy atom. The Morgan fingerprint density at radius 2 is 2.16 bits per heavy atom. The van der Waals surface area contributed by atoms with Crippen LogP contribution in [0.4, 0.5) is 16.2 Å². The third-order valence-corrected chi connectivity index (χ3v) is 4.30. The van der Waals surface area contributed by atoms with Crippen molar-refractivity contribution in [2.45, 2.75) is 39.4 Å². The van der Waals surface area contributed by atoms with Gasteiger partial charge >= 0.3 is 0 Å². The minimum atomic E-state index is -1.17. The molecule has 3 heterocycles. The van der Waals surface area contributed by atoms with E-state index in [1.807, 2.05) is 13.8 Å². The Labute approximate surface area is 151 Å². The Kier molecular flexibility index (Phi) is 6.41. The van der Waals surface area contributed by atoms with Crippen LogP contribution in [0, 0.1) is 0 Å². The molecular formula is C16H24ClFN6O. The van der Waals surface area contributed by atoms with Crippen LogP contribution in [0.1, 0.15) is 27.2 Å². The number of rotatable bonds is 3. The van der Waals surface area contributed by atoms with E-state index >= 15 is 0 Å². The number of carbonyl (C=O) groups is 1. The number of carbonyl (C=O) groups excluding carboxylic acids is 1. The van der Waals surface area contributed by atoms with Crippen molar-refractivity contribution in [2.24, 2.45) is 0 Å². The Balaban J connectivity index is 0.00000109. The maximum absolute atomic E-state index is 14.3. The number of piperidine rings is 1. The van der Waals surface area contributed by atoms with Crippen LogP contribution >= 0.6 is 11.6 Å². The molecule has 1 amide bonds. The number of hydrogen-bond acceptors (Lipinski definition) is 5. The van der Waals surface area contributed by atoms with Crippen LogP contribution in [0.2, 0.25) is 5.02 Å². The quantitative estimate of drug-likeness (QED) is 0.869. The zero-order valence-corrected chi connectivity index (χ0v) is 15.6. The van der Waals surface area contributed by atoms with E-state index in [1.54, 1.807) is 23.8 Å². The van der Waals surface area contributed by atoms with Crippen LogP contribution in [-0.4, -0.2) is 57.8 Å². The molecule has 7 nitrogen and oxygen atoms in total. The summed E-state index contributed by atoms with van der Waals surface area (Å²) in [5.74, 6) is 0.773. The average Bonchev–Trinajstić information content (AvgIpc) is 2.99. The number of alkyl halides is 1. The van der Waals surface area contributed by atoms with Crippen molar-refractivity contribution in [3.8, 4) is 0 Å². The van der Waals surface area contributed by atoms with Crippen molar-refractivity contribution in [1.29, 1.82) is 0 Å². The molecule has 1 aliphatic heterocycles. The molecule has 2 N–H and O–H groups in total. The van der Waals surface area contributed by atoms with Crippen molar-refractivity contribution in [1.82, 2.24) is 19.5 Å². The number of nitrogens with zero attached hydrogens (tertiary/aromatic N) is 4. The predicted molar refractivity (Wildman–Crippen MR) is 98.1 cm³/mol. The average molecular weight is 371 g/mol. The molecule has 138 valence electrons. The number of anilines is 2. The number of nitrogens with one attached hydrogen (secondary N) is 2. The summed E-state index contributed by atoms with van der Waals surface area (Å²) in [7, 11) is 1.73. The van der Waals surface area contributed by atoms with Crippen LogP contribution in [-0.2, 0) is 4.79 Å². The normalized spacial score (nSPS) is 20.0. The van der Waals surface area contributed by atoms with Gasteiger partial charge in [-0.05, 0) is 12.5 Å². The van der Waals surface area contributed by atoms with E-state index in [0.717, 1.165) is 0 Å². The van der Waals surface area contributed by atoms with Gasteiger partial charge in [0, 0.05) is 26.7 Å². The van der Waals surface area contributed by atoms with E-state index < -0.39 is 12.2 Å². The van der Waals surface area contributed by atoms with Gasteiger partial charge in [-0.2, -0.15) is 4.98 Å². The maximum Gasteiger partial charge on any atom is 0.243 e. The lowest BCUT2D eigenvalue weighted by molar-refractivity contribution is -0.131. The van der Waals surface area contributed by atoms with Gasteiger partial charge in [0.25, 0.3) is 0 Å². The molecule has 0 spiro atoms. The van der Waals surface area contributed by atoms with Gasteiger partial charge in [0.15, 0.2) is 5.82 Å². The summed E-state index contributed by atoms with van der Waals surface area (Å²) in [6.45, 7) is 6.06. The summed E-state index contributed by atoms with van der Waals surface area (Å²) in [5, 5.41) is 10.8. The maximum atomic E-state index is 14.3. The summed E-state index contributed by atoms with van der Waals surface area (Å²) in [5.41, 5.74) is 0.669.